The van der Waals surface area contributed by atoms with Gasteiger partial charge in [0.05, 0.1) is 0 Å². The van der Waals surface area contributed by atoms with E-state index in [1.54, 1.807) is 6.92 Å². The Kier molecular flexibility index (Phi) is 3.50. The van der Waals surface area contributed by atoms with Gasteiger partial charge in [0.25, 0.3) is 0 Å². The topological polar surface area (TPSA) is 57.6 Å². The highest BCUT2D eigenvalue weighted by Crippen LogP contribution is 2.48. The third kappa shape index (κ3) is 2.16. The van der Waals surface area contributed by atoms with Crippen molar-refractivity contribution in [3.8, 4) is 0 Å². The van der Waals surface area contributed by atoms with Crippen LogP contribution in [0, 0.1) is 10.8 Å². The number of nitrogens with zero attached hydrogens (tertiary/aromatic N) is 1. The van der Waals surface area contributed by atoms with Gasteiger partial charge in [0, 0.05) is 18.5 Å². The van der Waals surface area contributed by atoms with Crippen LogP contribution in [0.4, 0.5) is 13.2 Å². The average Bonchev–Trinajstić information content (AvgIpc) is 2.94. The number of hydrogen-bond donors (Lipinski definition) is 1. The lowest BCUT2D eigenvalue weighted by Crippen LogP contribution is -2.49. The molecule has 1 saturated heterocycles. The third-order valence-corrected chi connectivity index (χ3v) is 4.73. The van der Waals surface area contributed by atoms with E-state index in [0.29, 0.717) is 12.8 Å². The molecule has 1 aliphatic heterocycles. The van der Waals surface area contributed by atoms with Gasteiger partial charge >= 0.3 is 12.1 Å². The highest BCUT2D eigenvalue weighted by molar-refractivity contribution is 5.85. The maximum atomic E-state index is 13.1. The Labute approximate surface area is 114 Å². The van der Waals surface area contributed by atoms with E-state index >= 15 is 0 Å². The van der Waals surface area contributed by atoms with Gasteiger partial charge in [-0.3, -0.25) is 9.59 Å². The van der Waals surface area contributed by atoms with Crippen molar-refractivity contribution in [1.29, 1.82) is 0 Å². The van der Waals surface area contributed by atoms with E-state index in [0.717, 1.165) is 17.7 Å². The first-order chi connectivity index (χ1) is 9.12. The lowest BCUT2D eigenvalue weighted by molar-refractivity contribution is -0.227. The molecule has 4 nitrogen and oxygen atoms in total. The number of rotatable bonds is 2. The van der Waals surface area contributed by atoms with Crippen molar-refractivity contribution >= 4 is 11.9 Å². The normalized spacial score (nSPS) is 29.7. The smallest absolute Gasteiger partial charge is 0.406 e. The summed E-state index contributed by atoms with van der Waals surface area (Å²) in [5.41, 5.74) is -3.43. The molecule has 1 amide bonds. The molecule has 2 aliphatic rings. The zero-order chi connectivity index (χ0) is 15.2. The molecule has 20 heavy (non-hydrogen) atoms. The van der Waals surface area contributed by atoms with Crippen LogP contribution in [0.3, 0.4) is 0 Å². The summed E-state index contributed by atoms with van der Waals surface area (Å²) in [5.74, 6) is -2.22. The van der Waals surface area contributed by atoms with Crippen molar-refractivity contribution in [2.75, 3.05) is 13.1 Å². The molecule has 2 rings (SSSR count). The van der Waals surface area contributed by atoms with Gasteiger partial charge < -0.3 is 10.0 Å². The number of carbonyl (C=O) groups is 2. The van der Waals surface area contributed by atoms with E-state index in [4.69, 9.17) is 5.11 Å². The van der Waals surface area contributed by atoms with Gasteiger partial charge in [-0.25, -0.2) is 0 Å². The second kappa shape index (κ2) is 4.63. The van der Waals surface area contributed by atoms with Crippen LogP contribution in [-0.4, -0.2) is 41.1 Å². The van der Waals surface area contributed by atoms with Crippen LogP contribution in [0.5, 0.6) is 0 Å². The number of carboxylic acid groups (broad SMARTS) is 1. The molecular weight excluding hydrogens is 275 g/mol. The summed E-state index contributed by atoms with van der Waals surface area (Å²) in [5, 5.41) is 8.97. The van der Waals surface area contributed by atoms with Gasteiger partial charge in [-0.15, -0.1) is 0 Å². The predicted octanol–water partition coefficient (Wildman–Crippen LogP) is 2.43. The molecule has 2 fully saturated rings. The summed E-state index contributed by atoms with van der Waals surface area (Å²) >= 11 is 0. The van der Waals surface area contributed by atoms with Crippen LogP contribution in [0.15, 0.2) is 0 Å². The van der Waals surface area contributed by atoms with E-state index in [1.807, 2.05) is 0 Å². The molecule has 114 valence electrons. The van der Waals surface area contributed by atoms with Crippen molar-refractivity contribution in [2.45, 2.75) is 45.2 Å². The first-order valence-corrected chi connectivity index (χ1v) is 6.72. The summed E-state index contributed by atoms with van der Waals surface area (Å²) in [6.07, 6.45) is -2.31. The minimum absolute atomic E-state index is 0.139. The van der Waals surface area contributed by atoms with Crippen molar-refractivity contribution in [3.63, 3.8) is 0 Å². The van der Waals surface area contributed by atoms with Crippen LogP contribution < -0.4 is 0 Å². The predicted molar refractivity (Wildman–Crippen MR) is 63.9 cm³/mol. The Morgan fingerprint density at radius 1 is 1.15 bits per heavy atom. The lowest BCUT2D eigenvalue weighted by atomic mass is 9.85. The van der Waals surface area contributed by atoms with Crippen molar-refractivity contribution in [2.24, 2.45) is 10.8 Å². The zero-order valence-electron chi connectivity index (χ0n) is 11.3. The largest absolute Gasteiger partial charge is 0.481 e. The Balaban J connectivity index is 2.19. The summed E-state index contributed by atoms with van der Waals surface area (Å²) < 4.78 is 39.2. The fraction of sp³-hybridized carbons (Fsp3) is 0.846. The van der Waals surface area contributed by atoms with Gasteiger partial charge in [-0.2, -0.15) is 13.2 Å². The van der Waals surface area contributed by atoms with Crippen LogP contribution in [0.25, 0.3) is 0 Å². The van der Waals surface area contributed by atoms with Crippen molar-refractivity contribution in [1.82, 2.24) is 4.90 Å². The van der Waals surface area contributed by atoms with Crippen LogP contribution in [0.2, 0.25) is 0 Å². The maximum Gasteiger partial charge on any atom is 0.406 e. The molecule has 0 spiro atoms. The fourth-order valence-corrected chi connectivity index (χ4v) is 3.26. The number of alkyl halides is 3. The molecule has 1 aliphatic carbocycles. The molecule has 1 N–H and O–H groups in total. The van der Waals surface area contributed by atoms with Crippen LogP contribution in [0.1, 0.15) is 39.0 Å². The van der Waals surface area contributed by atoms with Crippen LogP contribution >= 0.6 is 0 Å². The van der Waals surface area contributed by atoms with Crippen LogP contribution in [-0.2, 0) is 9.59 Å². The molecule has 0 aromatic carbocycles. The van der Waals surface area contributed by atoms with E-state index in [2.05, 4.69) is 0 Å². The summed E-state index contributed by atoms with van der Waals surface area (Å²) in [4.78, 5) is 24.5. The van der Waals surface area contributed by atoms with Crippen molar-refractivity contribution < 1.29 is 27.9 Å². The number of halogens is 3. The number of likely N-dealkylation sites (tertiary alicyclic amines) is 1. The number of aliphatic carboxylic acids is 1. The first kappa shape index (κ1) is 15.1. The monoisotopic (exact) mass is 293 g/mol. The molecule has 0 aromatic heterocycles. The second-order valence-corrected chi connectivity index (χ2v) is 6.13. The minimum Gasteiger partial charge on any atom is -0.481 e. The number of carbonyl (C=O) groups excluding carboxylic acids is 1. The van der Waals surface area contributed by atoms with Gasteiger partial charge in [-0.1, -0.05) is 19.8 Å². The van der Waals surface area contributed by atoms with Gasteiger partial charge in [0.2, 0.25) is 5.91 Å². The summed E-state index contributed by atoms with van der Waals surface area (Å²) in [7, 11) is 0. The highest BCUT2D eigenvalue weighted by atomic mass is 19.4. The Morgan fingerprint density at radius 2 is 1.70 bits per heavy atom. The van der Waals surface area contributed by atoms with E-state index in [-0.39, 0.29) is 12.5 Å². The first-order valence-electron chi connectivity index (χ1n) is 6.72. The average molecular weight is 293 g/mol. The number of carboxylic acids is 1. The zero-order valence-corrected chi connectivity index (χ0v) is 11.3. The minimum atomic E-state index is -4.84. The number of hydrogen-bond acceptors (Lipinski definition) is 2. The molecule has 1 unspecified atom stereocenters. The molecule has 0 radical (unpaired) electrons. The Bertz CT molecular complexity index is 429. The fourth-order valence-electron chi connectivity index (χ4n) is 3.26. The van der Waals surface area contributed by atoms with E-state index in [9.17, 15) is 22.8 Å². The Morgan fingerprint density at radius 3 is 2.10 bits per heavy atom. The van der Waals surface area contributed by atoms with Gasteiger partial charge in [0.15, 0.2) is 5.41 Å². The van der Waals surface area contributed by atoms with E-state index in [1.165, 1.54) is 0 Å². The lowest BCUT2D eigenvalue weighted by Gasteiger charge is -2.31. The SMILES string of the molecule is CC1(C(=O)N2CCC(C(=O)O)(C(F)(F)F)C2)CCCC1. The summed E-state index contributed by atoms with van der Waals surface area (Å²) in [6, 6.07) is 0. The molecule has 0 aromatic rings. The molecule has 1 saturated carbocycles. The number of amides is 1. The molecule has 7 heteroatoms. The van der Waals surface area contributed by atoms with Gasteiger partial charge in [0.1, 0.15) is 0 Å². The molecular formula is C13H18F3NO3. The second-order valence-electron chi connectivity index (χ2n) is 6.13. The quantitative estimate of drug-likeness (QED) is 0.850. The molecule has 0 bridgehead atoms. The van der Waals surface area contributed by atoms with E-state index < -0.39 is 35.9 Å². The van der Waals surface area contributed by atoms with Gasteiger partial charge in [-0.05, 0) is 19.3 Å². The maximum absolute atomic E-state index is 13.1. The standard InChI is InChI=1S/C13H18F3NO3/c1-11(4-2-3-5-11)9(18)17-7-6-12(8-17,10(19)20)13(14,15)16/h2-8H2,1H3,(H,19,20). The molecule has 1 atom stereocenters. The summed E-state index contributed by atoms with van der Waals surface area (Å²) in [6.45, 7) is 0.858. The third-order valence-electron chi connectivity index (χ3n) is 4.73. The van der Waals surface area contributed by atoms with Crippen molar-refractivity contribution in [3.05, 3.63) is 0 Å². The Hall–Kier alpha value is -1.27. The highest BCUT2D eigenvalue weighted by Gasteiger charge is 2.64. The molecule has 1 heterocycles.